The van der Waals surface area contributed by atoms with E-state index in [-0.39, 0.29) is 0 Å². The number of rotatable bonds is 5. The van der Waals surface area contributed by atoms with Gasteiger partial charge < -0.3 is 5.32 Å². The van der Waals surface area contributed by atoms with E-state index >= 15 is 0 Å². The first kappa shape index (κ1) is 12.9. The van der Waals surface area contributed by atoms with Crippen LogP contribution in [-0.2, 0) is 0 Å². The van der Waals surface area contributed by atoms with Crippen molar-refractivity contribution in [1.29, 1.82) is 0 Å². The first-order valence-electron chi connectivity index (χ1n) is 6.17. The molecule has 0 amide bonds. The van der Waals surface area contributed by atoms with E-state index < -0.39 is 12.0 Å². The normalized spacial score (nSPS) is 32.2. The third-order valence-electron chi connectivity index (χ3n) is 3.72. The largest absolute Gasteiger partial charge is 0.306 e. The Hall–Kier alpha value is -0.180. The highest BCUT2D eigenvalue weighted by Crippen LogP contribution is 2.37. The zero-order valence-electron chi connectivity index (χ0n) is 9.86. The summed E-state index contributed by atoms with van der Waals surface area (Å²) < 4.78 is 26.1. The van der Waals surface area contributed by atoms with Crippen molar-refractivity contribution in [3.05, 3.63) is 0 Å². The quantitative estimate of drug-likeness (QED) is 0.745. The SMILES string of the molecule is CCCNC1(C(F)F)CCC(CC)CC1. The fourth-order valence-electron chi connectivity index (χ4n) is 2.45. The molecule has 0 aromatic rings. The fraction of sp³-hybridized carbons (Fsp3) is 1.00. The van der Waals surface area contributed by atoms with Gasteiger partial charge in [-0.2, -0.15) is 0 Å². The van der Waals surface area contributed by atoms with Gasteiger partial charge in [0.05, 0.1) is 5.54 Å². The fourth-order valence-corrected chi connectivity index (χ4v) is 2.45. The van der Waals surface area contributed by atoms with E-state index in [2.05, 4.69) is 12.2 Å². The molecule has 90 valence electrons. The summed E-state index contributed by atoms with van der Waals surface area (Å²) in [6, 6.07) is 0. The Labute approximate surface area is 91.6 Å². The molecule has 1 aliphatic carbocycles. The van der Waals surface area contributed by atoms with E-state index in [4.69, 9.17) is 0 Å². The molecular formula is C12H23F2N. The Morgan fingerprint density at radius 1 is 1.27 bits per heavy atom. The lowest BCUT2D eigenvalue weighted by molar-refractivity contribution is -0.00238. The molecule has 1 saturated carbocycles. The van der Waals surface area contributed by atoms with E-state index in [9.17, 15) is 8.78 Å². The van der Waals surface area contributed by atoms with Gasteiger partial charge in [0.1, 0.15) is 0 Å². The number of nitrogens with one attached hydrogen (secondary N) is 1. The molecule has 15 heavy (non-hydrogen) atoms. The number of hydrogen-bond acceptors (Lipinski definition) is 1. The maximum absolute atomic E-state index is 13.1. The number of hydrogen-bond donors (Lipinski definition) is 1. The third-order valence-corrected chi connectivity index (χ3v) is 3.72. The maximum atomic E-state index is 13.1. The second-order valence-electron chi connectivity index (χ2n) is 4.74. The minimum Gasteiger partial charge on any atom is -0.306 e. The molecule has 1 fully saturated rings. The van der Waals surface area contributed by atoms with Gasteiger partial charge in [-0.3, -0.25) is 0 Å². The second kappa shape index (κ2) is 5.78. The minimum atomic E-state index is -2.22. The van der Waals surface area contributed by atoms with Gasteiger partial charge in [-0.05, 0) is 44.6 Å². The summed E-state index contributed by atoms with van der Waals surface area (Å²) in [5.74, 6) is 0.667. The highest BCUT2D eigenvalue weighted by Gasteiger charge is 2.41. The van der Waals surface area contributed by atoms with Gasteiger partial charge >= 0.3 is 0 Å². The van der Waals surface area contributed by atoms with Gasteiger partial charge in [0.25, 0.3) is 6.43 Å². The molecule has 0 spiro atoms. The average Bonchev–Trinajstić information content (AvgIpc) is 2.27. The van der Waals surface area contributed by atoms with Crippen LogP contribution < -0.4 is 5.32 Å². The molecule has 0 aromatic heterocycles. The molecule has 0 unspecified atom stereocenters. The van der Waals surface area contributed by atoms with Crippen LogP contribution >= 0.6 is 0 Å². The molecule has 0 heterocycles. The lowest BCUT2D eigenvalue weighted by atomic mass is 9.75. The van der Waals surface area contributed by atoms with Crippen LogP contribution in [0.15, 0.2) is 0 Å². The Kier molecular flexibility index (Phi) is 4.97. The summed E-state index contributed by atoms with van der Waals surface area (Å²) in [6.45, 7) is 4.88. The first-order valence-corrected chi connectivity index (χ1v) is 6.17. The number of alkyl halides is 2. The second-order valence-corrected chi connectivity index (χ2v) is 4.74. The summed E-state index contributed by atoms with van der Waals surface area (Å²) in [7, 11) is 0. The summed E-state index contributed by atoms with van der Waals surface area (Å²) >= 11 is 0. The van der Waals surface area contributed by atoms with Gasteiger partial charge in [0, 0.05) is 0 Å². The van der Waals surface area contributed by atoms with Crippen molar-refractivity contribution in [3.63, 3.8) is 0 Å². The van der Waals surface area contributed by atoms with Crippen LogP contribution in [0, 0.1) is 5.92 Å². The zero-order valence-corrected chi connectivity index (χ0v) is 9.86. The number of halogens is 2. The van der Waals surface area contributed by atoms with Gasteiger partial charge in [0.15, 0.2) is 0 Å². The molecule has 0 radical (unpaired) electrons. The average molecular weight is 219 g/mol. The monoisotopic (exact) mass is 219 g/mol. The van der Waals surface area contributed by atoms with Crippen LogP contribution in [0.25, 0.3) is 0 Å². The van der Waals surface area contributed by atoms with Crippen LogP contribution in [0.3, 0.4) is 0 Å². The molecule has 0 bridgehead atoms. The molecule has 0 aliphatic heterocycles. The van der Waals surface area contributed by atoms with Crippen molar-refractivity contribution in [2.45, 2.75) is 64.3 Å². The van der Waals surface area contributed by atoms with Crippen LogP contribution in [0.1, 0.15) is 52.4 Å². The van der Waals surface area contributed by atoms with Gasteiger partial charge in [-0.25, -0.2) is 8.78 Å². The summed E-state index contributed by atoms with van der Waals surface area (Å²) in [5.41, 5.74) is -0.873. The highest BCUT2D eigenvalue weighted by atomic mass is 19.3. The summed E-state index contributed by atoms with van der Waals surface area (Å²) in [4.78, 5) is 0. The standard InChI is InChI=1S/C12H23F2N/c1-3-9-15-12(11(13)14)7-5-10(4-2)6-8-12/h10-11,15H,3-9H2,1-2H3. The van der Waals surface area contributed by atoms with Gasteiger partial charge in [-0.1, -0.05) is 20.3 Å². The lowest BCUT2D eigenvalue weighted by Gasteiger charge is -2.40. The molecule has 3 heteroatoms. The zero-order chi connectivity index (χ0) is 11.3. The van der Waals surface area contributed by atoms with Crippen LogP contribution in [0.2, 0.25) is 0 Å². The van der Waals surface area contributed by atoms with Crippen molar-refractivity contribution in [1.82, 2.24) is 5.32 Å². The van der Waals surface area contributed by atoms with Crippen molar-refractivity contribution in [3.8, 4) is 0 Å². The van der Waals surface area contributed by atoms with E-state index in [1.54, 1.807) is 0 Å². The van der Waals surface area contributed by atoms with Gasteiger partial charge in [0.2, 0.25) is 0 Å². The Morgan fingerprint density at radius 2 is 1.87 bits per heavy atom. The van der Waals surface area contributed by atoms with Crippen molar-refractivity contribution < 1.29 is 8.78 Å². The first-order chi connectivity index (χ1) is 7.14. The molecule has 1 N–H and O–H groups in total. The van der Waals surface area contributed by atoms with Crippen molar-refractivity contribution in [2.24, 2.45) is 5.92 Å². The van der Waals surface area contributed by atoms with Gasteiger partial charge in [-0.15, -0.1) is 0 Å². The lowest BCUT2D eigenvalue weighted by Crippen LogP contribution is -2.53. The summed E-state index contributed by atoms with van der Waals surface area (Å²) in [6.07, 6.45) is 3.03. The van der Waals surface area contributed by atoms with E-state index in [0.29, 0.717) is 25.3 Å². The van der Waals surface area contributed by atoms with Crippen molar-refractivity contribution in [2.75, 3.05) is 6.54 Å². The maximum Gasteiger partial charge on any atom is 0.256 e. The van der Waals surface area contributed by atoms with E-state index in [0.717, 1.165) is 25.7 Å². The third kappa shape index (κ3) is 3.13. The molecule has 0 atom stereocenters. The smallest absolute Gasteiger partial charge is 0.256 e. The molecule has 1 aliphatic rings. The predicted octanol–water partition coefficient (Wildman–Crippen LogP) is 3.59. The topological polar surface area (TPSA) is 12.0 Å². The predicted molar refractivity (Wildman–Crippen MR) is 59.3 cm³/mol. The van der Waals surface area contributed by atoms with Crippen molar-refractivity contribution >= 4 is 0 Å². The molecule has 1 nitrogen and oxygen atoms in total. The summed E-state index contributed by atoms with van der Waals surface area (Å²) in [5, 5.41) is 3.08. The molecule has 1 rings (SSSR count). The van der Waals surface area contributed by atoms with Crippen LogP contribution in [0.5, 0.6) is 0 Å². The minimum absolute atomic E-state index is 0.642. The molecule has 0 aromatic carbocycles. The Morgan fingerprint density at radius 3 is 2.27 bits per heavy atom. The Bertz CT molecular complexity index is 174. The van der Waals surface area contributed by atoms with Crippen LogP contribution in [-0.4, -0.2) is 18.5 Å². The van der Waals surface area contributed by atoms with E-state index in [1.165, 1.54) is 0 Å². The molecule has 0 saturated heterocycles. The van der Waals surface area contributed by atoms with Crippen LogP contribution in [0.4, 0.5) is 8.78 Å². The molecular weight excluding hydrogens is 196 g/mol. The highest BCUT2D eigenvalue weighted by molar-refractivity contribution is 4.94. The Balaban J connectivity index is 2.52. The van der Waals surface area contributed by atoms with E-state index in [1.807, 2.05) is 6.92 Å².